The number of aromatic carboxylic acids is 1. The molecule has 0 aliphatic rings. The fraction of sp³-hybridized carbons (Fsp3) is 0.0714. The van der Waals surface area contributed by atoms with Gasteiger partial charge in [-0.3, -0.25) is 0 Å². The summed E-state index contributed by atoms with van der Waals surface area (Å²) in [6, 6.07) is 8.14. The minimum atomic E-state index is -4.07. The molecule has 0 heterocycles. The van der Waals surface area contributed by atoms with Crippen LogP contribution in [0.4, 0.5) is 4.39 Å². The zero-order valence-corrected chi connectivity index (χ0v) is 11.5. The number of hydrogen-bond donors (Lipinski definition) is 2. The lowest BCUT2D eigenvalue weighted by molar-refractivity contribution is 0.0696. The summed E-state index contributed by atoms with van der Waals surface area (Å²) < 4.78 is 38.1. The minimum absolute atomic E-state index is 0.109. The van der Waals surface area contributed by atoms with E-state index in [0.717, 1.165) is 18.2 Å². The number of benzene rings is 2. The third kappa shape index (κ3) is 3.38. The number of carbonyl (C=O) groups is 1. The molecule has 2 aromatic rings. The van der Waals surface area contributed by atoms with E-state index >= 15 is 0 Å². The van der Waals surface area contributed by atoms with Gasteiger partial charge < -0.3 is 10.2 Å². The molecule has 2 aromatic carbocycles. The Morgan fingerprint density at radius 3 is 2.48 bits per heavy atom. The topological polar surface area (TPSA) is 91.7 Å². The van der Waals surface area contributed by atoms with E-state index in [1.165, 1.54) is 24.3 Å². The summed E-state index contributed by atoms with van der Waals surface area (Å²) in [5.41, 5.74) is -0.0407. The van der Waals surface area contributed by atoms with Crippen LogP contribution in [0.1, 0.15) is 15.9 Å². The van der Waals surface area contributed by atoms with Gasteiger partial charge in [-0.25, -0.2) is 17.6 Å². The normalized spacial score (nSPS) is 11.3. The van der Waals surface area contributed by atoms with Crippen molar-refractivity contribution in [2.24, 2.45) is 0 Å². The Bertz CT molecular complexity index is 799. The number of carboxylic acids is 1. The van der Waals surface area contributed by atoms with Crippen LogP contribution in [0.2, 0.25) is 0 Å². The third-order valence-electron chi connectivity index (χ3n) is 2.78. The molecule has 0 radical (unpaired) electrons. The van der Waals surface area contributed by atoms with Gasteiger partial charge in [-0.1, -0.05) is 12.1 Å². The Hall–Kier alpha value is -2.41. The van der Waals surface area contributed by atoms with Gasteiger partial charge in [0.1, 0.15) is 16.5 Å². The Labute approximate surface area is 120 Å². The van der Waals surface area contributed by atoms with E-state index in [1.54, 1.807) is 0 Å². The van der Waals surface area contributed by atoms with Crippen LogP contribution in [-0.2, 0) is 15.6 Å². The molecule has 5 nitrogen and oxygen atoms in total. The van der Waals surface area contributed by atoms with E-state index in [1.807, 2.05) is 0 Å². The summed E-state index contributed by atoms with van der Waals surface area (Å²) >= 11 is 0. The zero-order chi connectivity index (χ0) is 15.6. The van der Waals surface area contributed by atoms with Crippen molar-refractivity contribution in [3.05, 3.63) is 59.4 Å². The third-order valence-corrected chi connectivity index (χ3v) is 4.48. The summed E-state index contributed by atoms with van der Waals surface area (Å²) in [7, 11) is -4.07. The van der Waals surface area contributed by atoms with Crippen LogP contribution >= 0.6 is 0 Å². The van der Waals surface area contributed by atoms with Gasteiger partial charge in [0.05, 0.1) is 11.3 Å². The molecular weight excluding hydrogens is 299 g/mol. The second kappa shape index (κ2) is 5.53. The molecule has 0 aromatic heterocycles. The van der Waals surface area contributed by atoms with Crippen LogP contribution < -0.4 is 0 Å². The number of aromatic hydroxyl groups is 1. The quantitative estimate of drug-likeness (QED) is 0.903. The van der Waals surface area contributed by atoms with Gasteiger partial charge in [0.25, 0.3) is 0 Å². The number of phenolic OH excluding ortho intramolecular Hbond substituents is 1. The van der Waals surface area contributed by atoms with Crippen LogP contribution in [-0.4, -0.2) is 24.6 Å². The fourth-order valence-corrected chi connectivity index (χ4v) is 3.26. The standard InChI is InChI=1S/C14H11FO5S/c15-12-5-4-10(14(17)18)7-13(12)21(19,20)8-9-2-1-3-11(16)6-9/h1-7,16H,8H2,(H,17,18). The van der Waals surface area contributed by atoms with Crippen molar-refractivity contribution < 1.29 is 27.8 Å². The molecule has 0 saturated carbocycles. The molecule has 0 bridgehead atoms. The molecular formula is C14H11FO5S. The summed E-state index contributed by atoms with van der Waals surface area (Å²) in [6.07, 6.45) is 0. The maximum atomic E-state index is 13.7. The van der Waals surface area contributed by atoms with Gasteiger partial charge in [-0.05, 0) is 35.9 Å². The van der Waals surface area contributed by atoms with Crippen LogP contribution in [0.3, 0.4) is 0 Å². The highest BCUT2D eigenvalue weighted by molar-refractivity contribution is 7.90. The van der Waals surface area contributed by atoms with E-state index in [-0.39, 0.29) is 16.9 Å². The van der Waals surface area contributed by atoms with Crippen molar-refractivity contribution in [1.29, 1.82) is 0 Å². The van der Waals surface area contributed by atoms with E-state index in [0.29, 0.717) is 0 Å². The van der Waals surface area contributed by atoms with Gasteiger partial charge in [0, 0.05) is 0 Å². The van der Waals surface area contributed by atoms with Gasteiger partial charge in [-0.2, -0.15) is 0 Å². The predicted molar refractivity (Wildman–Crippen MR) is 72.4 cm³/mol. The van der Waals surface area contributed by atoms with Crippen molar-refractivity contribution in [3.63, 3.8) is 0 Å². The van der Waals surface area contributed by atoms with Gasteiger partial charge in [0.2, 0.25) is 0 Å². The van der Waals surface area contributed by atoms with E-state index in [4.69, 9.17) is 5.11 Å². The number of sulfone groups is 1. The smallest absolute Gasteiger partial charge is 0.335 e. The molecule has 21 heavy (non-hydrogen) atoms. The predicted octanol–water partition coefficient (Wildman–Crippen LogP) is 2.20. The SMILES string of the molecule is O=C(O)c1ccc(F)c(S(=O)(=O)Cc2cccc(O)c2)c1. The van der Waals surface area contributed by atoms with Crippen molar-refractivity contribution >= 4 is 15.8 Å². The summed E-state index contributed by atoms with van der Waals surface area (Å²) in [4.78, 5) is 10.2. The second-order valence-corrected chi connectivity index (χ2v) is 6.34. The van der Waals surface area contributed by atoms with Crippen LogP contribution in [0.5, 0.6) is 5.75 Å². The van der Waals surface area contributed by atoms with Crippen molar-refractivity contribution in [3.8, 4) is 5.75 Å². The highest BCUT2D eigenvalue weighted by atomic mass is 32.2. The maximum absolute atomic E-state index is 13.7. The molecule has 0 fully saturated rings. The highest BCUT2D eigenvalue weighted by Gasteiger charge is 2.22. The largest absolute Gasteiger partial charge is 0.508 e. The van der Waals surface area contributed by atoms with Crippen LogP contribution in [0.15, 0.2) is 47.4 Å². The Morgan fingerprint density at radius 2 is 1.86 bits per heavy atom. The summed E-state index contributed by atoms with van der Waals surface area (Å²) in [5.74, 6) is -3.01. The molecule has 0 atom stereocenters. The molecule has 0 unspecified atom stereocenters. The molecule has 0 aliphatic heterocycles. The number of hydrogen-bond acceptors (Lipinski definition) is 4. The van der Waals surface area contributed by atoms with E-state index in [9.17, 15) is 22.7 Å². The van der Waals surface area contributed by atoms with Gasteiger partial charge >= 0.3 is 5.97 Å². The molecule has 0 spiro atoms. The molecule has 110 valence electrons. The molecule has 2 rings (SSSR count). The van der Waals surface area contributed by atoms with Gasteiger partial charge in [0.15, 0.2) is 9.84 Å². The highest BCUT2D eigenvalue weighted by Crippen LogP contribution is 2.22. The maximum Gasteiger partial charge on any atom is 0.335 e. The molecule has 7 heteroatoms. The number of phenols is 1. The van der Waals surface area contributed by atoms with Crippen molar-refractivity contribution in [1.82, 2.24) is 0 Å². The number of carboxylic acid groups (broad SMARTS) is 1. The van der Waals surface area contributed by atoms with Gasteiger partial charge in [-0.15, -0.1) is 0 Å². The fourth-order valence-electron chi connectivity index (χ4n) is 1.82. The number of rotatable bonds is 4. The lowest BCUT2D eigenvalue weighted by Crippen LogP contribution is -2.09. The van der Waals surface area contributed by atoms with E-state index in [2.05, 4.69) is 0 Å². The molecule has 0 saturated heterocycles. The Kier molecular flexibility index (Phi) is 3.95. The Morgan fingerprint density at radius 1 is 1.14 bits per heavy atom. The summed E-state index contributed by atoms with van der Waals surface area (Å²) in [5, 5.41) is 18.1. The van der Waals surface area contributed by atoms with Crippen LogP contribution in [0, 0.1) is 5.82 Å². The Balaban J connectivity index is 2.44. The molecule has 2 N–H and O–H groups in total. The lowest BCUT2D eigenvalue weighted by atomic mass is 10.2. The zero-order valence-electron chi connectivity index (χ0n) is 10.7. The summed E-state index contributed by atoms with van der Waals surface area (Å²) in [6.45, 7) is 0. The molecule has 0 amide bonds. The first-order valence-electron chi connectivity index (χ1n) is 5.83. The minimum Gasteiger partial charge on any atom is -0.508 e. The van der Waals surface area contributed by atoms with Crippen molar-refractivity contribution in [2.45, 2.75) is 10.6 Å². The van der Waals surface area contributed by atoms with Crippen LogP contribution in [0.25, 0.3) is 0 Å². The first-order chi connectivity index (χ1) is 9.79. The molecule has 0 aliphatic carbocycles. The first kappa shape index (κ1) is 15.0. The average Bonchev–Trinajstić information content (AvgIpc) is 2.38. The first-order valence-corrected chi connectivity index (χ1v) is 7.48. The van der Waals surface area contributed by atoms with Crippen molar-refractivity contribution in [2.75, 3.05) is 0 Å². The number of halogens is 1. The van der Waals surface area contributed by atoms with E-state index < -0.39 is 32.3 Å². The monoisotopic (exact) mass is 310 g/mol. The second-order valence-electron chi connectivity index (χ2n) is 4.38. The average molecular weight is 310 g/mol. The lowest BCUT2D eigenvalue weighted by Gasteiger charge is -2.07.